The van der Waals surface area contributed by atoms with Gasteiger partial charge in [0, 0.05) is 35.7 Å². The van der Waals surface area contributed by atoms with Crippen LogP contribution in [0.2, 0.25) is 0 Å². The third-order valence-electron chi connectivity index (χ3n) is 4.72. The number of aliphatic imine (C=N–C) groups is 1. The lowest BCUT2D eigenvalue weighted by atomic mass is 9.89. The number of alkyl halides is 1. The number of pyridine rings is 1. The molecule has 0 radical (unpaired) electrons. The third-order valence-corrected chi connectivity index (χ3v) is 4.72. The Morgan fingerprint density at radius 2 is 1.86 bits per heavy atom. The van der Waals surface area contributed by atoms with Crippen molar-refractivity contribution in [2.24, 2.45) is 10.7 Å². The molecule has 0 unspecified atom stereocenters. The van der Waals surface area contributed by atoms with Crippen molar-refractivity contribution in [1.82, 2.24) is 15.2 Å². The summed E-state index contributed by atoms with van der Waals surface area (Å²) in [6.07, 6.45) is 11.2. The Labute approximate surface area is 207 Å². The summed E-state index contributed by atoms with van der Waals surface area (Å²) >= 11 is 0. The number of carbonyl (C=O) groups is 1. The molecule has 2 N–H and O–H groups in total. The third kappa shape index (κ3) is 9.04. The zero-order chi connectivity index (χ0) is 26.3. The fourth-order valence-electron chi connectivity index (χ4n) is 3.23. The van der Waals surface area contributed by atoms with Crippen LogP contribution >= 0.6 is 0 Å². The maximum atomic E-state index is 15.0. The molecule has 7 heteroatoms. The predicted octanol–water partition coefficient (Wildman–Crippen LogP) is 6.08. The van der Waals surface area contributed by atoms with E-state index in [1.54, 1.807) is 38.5 Å². The number of allylic oxidation sites excluding steroid dienone is 2. The average Bonchev–Trinajstić information content (AvgIpc) is 2.87. The highest BCUT2D eigenvalue weighted by Crippen LogP contribution is 2.35. The van der Waals surface area contributed by atoms with Crippen LogP contribution in [-0.2, 0) is 16.9 Å². The molecule has 0 bridgehead atoms. The van der Waals surface area contributed by atoms with Crippen LogP contribution in [0.15, 0.2) is 78.7 Å². The molecule has 184 valence electrons. The molecule has 6 nitrogen and oxygen atoms in total. The van der Waals surface area contributed by atoms with Crippen LogP contribution in [0.3, 0.4) is 0 Å². The van der Waals surface area contributed by atoms with Gasteiger partial charge in [-0.3, -0.25) is 14.8 Å². The molecule has 0 atom stereocenters. The molecular formula is C28H34FN5O. The fourth-order valence-corrected chi connectivity index (χ4v) is 3.23. The summed E-state index contributed by atoms with van der Waals surface area (Å²) in [4.78, 5) is 17.5. The summed E-state index contributed by atoms with van der Waals surface area (Å²) in [6, 6.07) is 11.7. The predicted molar refractivity (Wildman–Crippen MR) is 143 cm³/mol. The van der Waals surface area contributed by atoms with Gasteiger partial charge in [-0.15, -0.1) is 0 Å². The molecule has 0 aliphatic heterocycles. The summed E-state index contributed by atoms with van der Waals surface area (Å²) < 4.78 is 15.0. The summed E-state index contributed by atoms with van der Waals surface area (Å²) in [5.41, 5.74) is 8.65. The van der Waals surface area contributed by atoms with E-state index >= 15 is 0 Å². The smallest absolute Gasteiger partial charge is 0.204 e. The number of nitrogens with two attached hydrogens (primary N) is 1. The molecule has 1 aromatic carbocycles. The van der Waals surface area contributed by atoms with Crippen LogP contribution in [0.1, 0.15) is 57.0 Å². The lowest BCUT2D eigenvalue weighted by Gasteiger charge is -2.20. The molecule has 3 aromatic rings. The molecule has 0 spiro atoms. The van der Waals surface area contributed by atoms with Crippen LogP contribution in [0.4, 0.5) is 4.39 Å². The Balaban J connectivity index is 0.00000114. The monoisotopic (exact) mass is 475 g/mol. The summed E-state index contributed by atoms with van der Waals surface area (Å²) in [5, 5.41) is 7.73. The Morgan fingerprint density at radius 1 is 1.14 bits per heavy atom. The number of aromatic nitrogens is 3. The molecule has 2 aromatic heterocycles. The molecule has 0 aliphatic rings. The zero-order valence-corrected chi connectivity index (χ0v) is 21.1. The van der Waals surface area contributed by atoms with Crippen LogP contribution < -0.4 is 5.73 Å². The normalized spacial score (nSPS) is 11.1. The van der Waals surface area contributed by atoms with Crippen molar-refractivity contribution in [1.29, 1.82) is 0 Å². The van der Waals surface area contributed by atoms with Crippen molar-refractivity contribution in [3.05, 3.63) is 96.1 Å². The second kappa shape index (κ2) is 15.0. The summed E-state index contributed by atoms with van der Waals surface area (Å²) in [7, 11) is 0. The van der Waals surface area contributed by atoms with Crippen LogP contribution in [0.25, 0.3) is 16.8 Å². The van der Waals surface area contributed by atoms with Gasteiger partial charge in [0.15, 0.2) is 0 Å². The first kappa shape index (κ1) is 29.0. The number of hydrogen-bond acceptors (Lipinski definition) is 5. The van der Waals surface area contributed by atoms with Crippen molar-refractivity contribution >= 4 is 18.3 Å². The molecule has 3 rings (SSSR count). The molecule has 0 saturated carbocycles. The van der Waals surface area contributed by atoms with E-state index in [0.717, 1.165) is 33.6 Å². The second-order valence-corrected chi connectivity index (χ2v) is 7.52. The van der Waals surface area contributed by atoms with Gasteiger partial charge in [-0.05, 0) is 55.7 Å². The maximum absolute atomic E-state index is 15.0. The van der Waals surface area contributed by atoms with Crippen molar-refractivity contribution in [3.63, 3.8) is 0 Å². The average molecular weight is 476 g/mol. The minimum absolute atomic E-state index is 0.250. The summed E-state index contributed by atoms with van der Waals surface area (Å²) in [5.74, 6) is 0. The highest BCUT2D eigenvalue weighted by atomic mass is 19.1. The Kier molecular flexibility index (Phi) is 12.4. The first-order valence-corrected chi connectivity index (χ1v) is 11.4. The van der Waals surface area contributed by atoms with Gasteiger partial charge in [-0.1, -0.05) is 50.8 Å². The minimum atomic E-state index is -1.49. The SMILES string of the molecule is C=CC=N/C(=C\C)c1ccc(Cc2ccc(-c3ccnnc3)c(C(C)(C)F)c2)nc1.CC.NC=O. The van der Waals surface area contributed by atoms with Crippen molar-refractivity contribution in [2.45, 2.75) is 46.7 Å². The van der Waals surface area contributed by atoms with E-state index in [0.29, 0.717) is 12.0 Å². The Bertz CT molecular complexity index is 1120. The van der Waals surface area contributed by atoms with Gasteiger partial charge in [0.2, 0.25) is 6.41 Å². The zero-order valence-electron chi connectivity index (χ0n) is 21.1. The quantitative estimate of drug-likeness (QED) is 0.331. The van der Waals surface area contributed by atoms with E-state index in [2.05, 4.69) is 32.5 Å². The van der Waals surface area contributed by atoms with Crippen molar-refractivity contribution in [3.8, 4) is 11.1 Å². The van der Waals surface area contributed by atoms with Crippen LogP contribution in [0.5, 0.6) is 0 Å². The number of rotatable bonds is 7. The second-order valence-electron chi connectivity index (χ2n) is 7.52. The minimum Gasteiger partial charge on any atom is -0.372 e. The van der Waals surface area contributed by atoms with Gasteiger partial charge < -0.3 is 5.73 Å². The van der Waals surface area contributed by atoms with E-state index in [1.807, 2.05) is 69.4 Å². The van der Waals surface area contributed by atoms with Crippen LogP contribution in [0, 0.1) is 0 Å². The number of benzene rings is 1. The van der Waals surface area contributed by atoms with E-state index in [4.69, 9.17) is 4.79 Å². The van der Waals surface area contributed by atoms with E-state index < -0.39 is 5.67 Å². The number of nitrogens with zero attached hydrogens (tertiary/aromatic N) is 4. The molecular weight excluding hydrogens is 441 g/mol. The maximum Gasteiger partial charge on any atom is 0.204 e. The van der Waals surface area contributed by atoms with Crippen molar-refractivity contribution in [2.75, 3.05) is 0 Å². The topological polar surface area (TPSA) is 94.1 Å². The fraction of sp³-hybridized carbons (Fsp3) is 0.250. The van der Waals surface area contributed by atoms with Gasteiger partial charge in [0.25, 0.3) is 0 Å². The van der Waals surface area contributed by atoms with Crippen molar-refractivity contribution < 1.29 is 9.18 Å². The van der Waals surface area contributed by atoms with E-state index in [-0.39, 0.29) is 6.41 Å². The lowest BCUT2D eigenvalue weighted by molar-refractivity contribution is -0.106. The highest BCUT2D eigenvalue weighted by molar-refractivity contribution is 5.79. The highest BCUT2D eigenvalue weighted by Gasteiger charge is 2.24. The largest absolute Gasteiger partial charge is 0.372 e. The molecule has 35 heavy (non-hydrogen) atoms. The Hall–Kier alpha value is -4.00. The first-order chi connectivity index (χ1) is 16.8. The molecule has 0 aliphatic carbocycles. The van der Waals surface area contributed by atoms with E-state index in [9.17, 15) is 4.39 Å². The van der Waals surface area contributed by atoms with E-state index in [1.165, 1.54) is 0 Å². The summed E-state index contributed by atoms with van der Waals surface area (Å²) in [6.45, 7) is 12.7. The van der Waals surface area contributed by atoms with Gasteiger partial charge in [0.1, 0.15) is 5.67 Å². The number of primary amides is 1. The number of halogens is 1. The van der Waals surface area contributed by atoms with Crippen LogP contribution in [-0.4, -0.2) is 27.8 Å². The Morgan fingerprint density at radius 3 is 2.37 bits per heavy atom. The lowest BCUT2D eigenvalue weighted by Crippen LogP contribution is -2.12. The molecule has 0 fully saturated rings. The standard InChI is InChI=1S/C25H25FN4.C2H6.CH3NO/c1-5-12-27-24(6-2)20-8-9-21(28-16-20)14-18-7-10-22(19-11-13-29-30-17-19)23(15-18)25(3,4)26;1-2;2-1-3/h5-13,15-17H,1,14H2,2-4H3;1-2H3;1H,(H2,2,3)/b24-6-,27-12?;;. The first-order valence-electron chi connectivity index (χ1n) is 11.4. The number of hydrogen-bond donors (Lipinski definition) is 1. The molecule has 0 saturated heterocycles. The van der Waals surface area contributed by atoms with Gasteiger partial charge >= 0.3 is 0 Å². The van der Waals surface area contributed by atoms with Gasteiger partial charge in [-0.2, -0.15) is 10.2 Å². The van der Waals surface area contributed by atoms with Gasteiger partial charge in [0.05, 0.1) is 18.1 Å². The molecule has 2 heterocycles. The molecule has 1 amide bonds. The number of amides is 1. The van der Waals surface area contributed by atoms with Gasteiger partial charge in [-0.25, -0.2) is 4.39 Å². The number of carbonyl (C=O) groups excluding carboxylic acids is 1.